The van der Waals surface area contributed by atoms with Crippen LogP contribution in [0, 0.1) is 0 Å². The molecular weight excluding hydrogens is 326 g/mol. The van der Waals surface area contributed by atoms with Crippen LogP contribution in [0.15, 0.2) is 53.7 Å². The summed E-state index contributed by atoms with van der Waals surface area (Å²) in [5.41, 5.74) is 2.09. The molecule has 6 nitrogen and oxygen atoms in total. The largest absolute Gasteiger partial charge is 0.496 e. The molecule has 0 saturated carbocycles. The maximum absolute atomic E-state index is 5.53. The first-order valence-corrected chi connectivity index (χ1v) is 8.87. The second-order valence-electron chi connectivity index (χ2n) is 6.12. The molecule has 1 aromatic heterocycles. The molecule has 2 N–H and O–H groups in total. The van der Waals surface area contributed by atoms with Crippen LogP contribution in [-0.2, 0) is 6.54 Å². The van der Waals surface area contributed by atoms with E-state index in [0.29, 0.717) is 13.1 Å². The third-order valence-electron chi connectivity index (χ3n) is 4.05. The van der Waals surface area contributed by atoms with Gasteiger partial charge >= 0.3 is 0 Å². The van der Waals surface area contributed by atoms with E-state index in [9.17, 15) is 0 Å². The maximum Gasteiger partial charge on any atom is 0.191 e. The molecule has 0 aliphatic heterocycles. The predicted molar refractivity (Wildman–Crippen MR) is 106 cm³/mol. The Labute approximate surface area is 156 Å². The van der Waals surface area contributed by atoms with E-state index in [-0.39, 0.29) is 6.04 Å². The highest BCUT2D eigenvalue weighted by atomic mass is 16.5. The lowest BCUT2D eigenvalue weighted by Gasteiger charge is -2.27. The number of hydrogen-bond acceptors (Lipinski definition) is 4. The van der Waals surface area contributed by atoms with Gasteiger partial charge in [0, 0.05) is 24.8 Å². The number of pyridine rings is 1. The first-order valence-electron chi connectivity index (χ1n) is 8.87. The van der Waals surface area contributed by atoms with E-state index in [2.05, 4.69) is 52.6 Å². The molecule has 0 saturated heterocycles. The summed E-state index contributed by atoms with van der Waals surface area (Å²) in [6.07, 6.45) is 1.79. The number of aliphatic imine (C=N–C) groups is 1. The lowest BCUT2D eigenvalue weighted by molar-refractivity contribution is 0.287. The van der Waals surface area contributed by atoms with Crippen molar-refractivity contribution in [3.8, 4) is 5.75 Å². The third kappa shape index (κ3) is 5.74. The zero-order chi connectivity index (χ0) is 18.8. The van der Waals surface area contributed by atoms with E-state index in [0.717, 1.165) is 29.5 Å². The minimum absolute atomic E-state index is 0.157. The fraction of sp³-hybridized carbons (Fsp3) is 0.400. The van der Waals surface area contributed by atoms with Gasteiger partial charge in [-0.05, 0) is 39.2 Å². The van der Waals surface area contributed by atoms with Gasteiger partial charge < -0.3 is 20.3 Å². The summed E-state index contributed by atoms with van der Waals surface area (Å²) in [6, 6.07) is 14.1. The van der Waals surface area contributed by atoms with E-state index in [1.807, 2.05) is 36.4 Å². The fourth-order valence-electron chi connectivity index (χ4n) is 2.70. The molecule has 0 aliphatic rings. The normalized spacial score (nSPS) is 12.7. The summed E-state index contributed by atoms with van der Waals surface area (Å²) >= 11 is 0. The molecule has 0 fully saturated rings. The molecule has 2 rings (SSSR count). The Morgan fingerprint density at radius 3 is 2.58 bits per heavy atom. The van der Waals surface area contributed by atoms with E-state index >= 15 is 0 Å². The van der Waals surface area contributed by atoms with Gasteiger partial charge in [0.1, 0.15) is 5.75 Å². The molecule has 0 aliphatic carbocycles. The van der Waals surface area contributed by atoms with Gasteiger partial charge in [-0.15, -0.1) is 0 Å². The van der Waals surface area contributed by atoms with Gasteiger partial charge in [-0.1, -0.05) is 24.3 Å². The Morgan fingerprint density at radius 1 is 1.15 bits per heavy atom. The quantitative estimate of drug-likeness (QED) is 0.563. The Kier molecular flexibility index (Phi) is 7.89. The fourth-order valence-corrected chi connectivity index (χ4v) is 2.70. The second-order valence-corrected chi connectivity index (χ2v) is 6.12. The number of para-hydroxylation sites is 1. The molecule has 1 aromatic carbocycles. The molecule has 2 aromatic rings. The molecule has 0 radical (unpaired) electrons. The van der Waals surface area contributed by atoms with Gasteiger partial charge in [-0.2, -0.15) is 0 Å². The number of nitrogens with zero attached hydrogens (tertiary/aromatic N) is 3. The van der Waals surface area contributed by atoms with Crippen molar-refractivity contribution in [3.05, 3.63) is 59.9 Å². The van der Waals surface area contributed by atoms with Gasteiger partial charge in [0.25, 0.3) is 0 Å². The van der Waals surface area contributed by atoms with Crippen molar-refractivity contribution in [1.29, 1.82) is 0 Å². The van der Waals surface area contributed by atoms with Crippen molar-refractivity contribution in [3.63, 3.8) is 0 Å². The highest BCUT2D eigenvalue weighted by molar-refractivity contribution is 5.79. The molecule has 26 heavy (non-hydrogen) atoms. The summed E-state index contributed by atoms with van der Waals surface area (Å²) in [7, 11) is 5.84. The number of aromatic nitrogens is 1. The number of benzene rings is 1. The highest BCUT2D eigenvalue weighted by Crippen LogP contribution is 2.27. The number of likely N-dealkylation sites (N-methyl/N-ethyl adjacent to an activating group) is 1. The van der Waals surface area contributed by atoms with Crippen molar-refractivity contribution >= 4 is 5.96 Å². The number of rotatable bonds is 8. The van der Waals surface area contributed by atoms with Crippen molar-refractivity contribution in [2.24, 2.45) is 4.99 Å². The van der Waals surface area contributed by atoms with E-state index in [1.165, 1.54) is 0 Å². The SMILES string of the molecule is CCNC(=NCc1ccccn1)NCC(c1ccccc1OC)N(C)C. The van der Waals surface area contributed by atoms with Crippen LogP contribution in [0.2, 0.25) is 0 Å². The summed E-state index contributed by atoms with van der Waals surface area (Å²) < 4.78 is 5.53. The molecule has 1 unspecified atom stereocenters. The van der Waals surface area contributed by atoms with Gasteiger partial charge in [0.2, 0.25) is 0 Å². The van der Waals surface area contributed by atoms with Crippen LogP contribution >= 0.6 is 0 Å². The second kappa shape index (κ2) is 10.4. The molecule has 140 valence electrons. The average molecular weight is 355 g/mol. The lowest BCUT2D eigenvalue weighted by Crippen LogP contribution is -2.41. The zero-order valence-corrected chi connectivity index (χ0v) is 16.1. The van der Waals surface area contributed by atoms with Gasteiger partial charge in [-0.25, -0.2) is 4.99 Å². The lowest BCUT2D eigenvalue weighted by atomic mass is 10.0. The Hall–Kier alpha value is -2.60. The Balaban J connectivity index is 2.09. The molecule has 6 heteroatoms. The molecule has 1 heterocycles. The van der Waals surface area contributed by atoms with E-state index in [1.54, 1.807) is 13.3 Å². The number of guanidine groups is 1. The summed E-state index contributed by atoms with van der Waals surface area (Å²) in [5, 5.41) is 6.72. The maximum atomic E-state index is 5.53. The van der Waals surface area contributed by atoms with Crippen molar-refractivity contribution in [2.45, 2.75) is 19.5 Å². The van der Waals surface area contributed by atoms with Crippen LogP contribution in [0.25, 0.3) is 0 Å². The first-order chi connectivity index (χ1) is 12.7. The predicted octanol–water partition coefficient (Wildman–Crippen LogP) is 2.45. The van der Waals surface area contributed by atoms with Gasteiger partial charge in [0.05, 0.1) is 25.4 Å². The first kappa shape index (κ1) is 19.7. The minimum atomic E-state index is 0.157. The smallest absolute Gasteiger partial charge is 0.191 e. The third-order valence-corrected chi connectivity index (χ3v) is 4.05. The summed E-state index contributed by atoms with van der Waals surface area (Å²) in [6.45, 7) is 4.11. The highest BCUT2D eigenvalue weighted by Gasteiger charge is 2.18. The van der Waals surface area contributed by atoms with Crippen molar-refractivity contribution in [2.75, 3.05) is 34.3 Å². The summed E-state index contributed by atoms with van der Waals surface area (Å²) in [4.78, 5) is 11.1. The van der Waals surface area contributed by atoms with E-state index in [4.69, 9.17) is 4.74 Å². The van der Waals surface area contributed by atoms with Crippen LogP contribution in [0.3, 0.4) is 0 Å². The number of hydrogen-bond donors (Lipinski definition) is 2. The molecular formula is C20H29N5O. The van der Waals surface area contributed by atoms with Gasteiger partial charge in [0.15, 0.2) is 5.96 Å². The molecule has 0 spiro atoms. The van der Waals surface area contributed by atoms with Crippen LogP contribution in [0.4, 0.5) is 0 Å². The van der Waals surface area contributed by atoms with Gasteiger partial charge in [-0.3, -0.25) is 4.98 Å². The van der Waals surface area contributed by atoms with Crippen LogP contribution in [-0.4, -0.2) is 50.1 Å². The molecule has 1 atom stereocenters. The topological polar surface area (TPSA) is 61.8 Å². The van der Waals surface area contributed by atoms with Crippen LogP contribution < -0.4 is 15.4 Å². The zero-order valence-electron chi connectivity index (χ0n) is 16.1. The number of methoxy groups -OCH3 is 1. The Morgan fingerprint density at radius 2 is 1.92 bits per heavy atom. The van der Waals surface area contributed by atoms with Crippen LogP contribution in [0.5, 0.6) is 5.75 Å². The number of ether oxygens (including phenoxy) is 1. The molecule has 0 amide bonds. The Bertz CT molecular complexity index is 688. The van der Waals surface area contributed by atoms with E-state index < -0.39 is 0 Å². The van der Waals surface area contributed by atoms with Crippen LogP contribution in [0.1, 0.15) is 24.2 Å². The minimum Gasteiger partial charge on any atom is -0.496 e. The standard InChI is InChI=1S/C20H29N5O/c1-5-21-20(23-14-16-10-8-9-13-22-16)24-15-18(25(2)3)17-11-6-7-12-19(17)26-4/h6-13,18H,5,14-15H2,1-4H3,(H2,21,23,24). The van der Waals surface area contributed by atoms with Crippen molar-refractivity contribution < 1.29 is 4.74 Å². The van der Waals surface area contributed by atoms with Crippen molar-refractivity contribution in [1.82, 2.24) is 20.5 Å². The number of nitrogens with one attached hydrogen (secondary N) is 2. The monoisotopic (exact) mass is 355 g/mol. The average Bonchev–Trinajstić information content (AvgIpc) is 2.67. The summed E-state index contributed by atoms with van der Waals surface area (Å²) in [5.74, 6) is 1.67. The molecule has 0 bridgehead atoms.